The van der Waals surface area contributed by atoms with Crippen LogP contribution in [0.15, 0.2) is 54.6 Å². The van der Waals surface area contributed by atoms with Gasteiger partial charge in [0, 0.05) is 17.0 Å². The molecule has 1 saturated carbocycles. The molecule has 1 aliphatic rings. The number of carbonyl (C=O) groups is 2. The van der Waals surface area contributed by atoms with E-state index in [0.717, 1.165) is 11.1 Å². The van der Waals surface area contributed by atoms with Gasteiger partial charge < -0.3 is 14.2 Å². The number of ether oxygens (including phenoxy) is 3. The van der Waals surface area contributed by atoms with E-state index >= 15 is 0 Å². The SMILES string of the molecule is CCOC(=O)C1(C(=O)OCC)CC1c1ccccc1OC#Cc1ccccc1. The first-order chi connectivity index (χ1) is 13.6. The second kappa shape index (κ2) is 8.62. The van der Waals surface area contributed by atoms with Crippen molar-refractivity contribution in [3.05, 3.63) is 65.7 Å². The lowest BCUT2D eigenvalue weighted by molar-refractivity contribution is -0.164. The largest absolute Gasteiger partial charge is 0.465 e. The first-order valence-electron chi connectivity index (χ1n) is 9.29. The maximum Gasteiger partial charge on any atom is 0.324 e. The summed E-state index contributed by atoms with van der Waals surface area (Å²) in [4.78, 5) is 25.1. The predicted octanol–water partition coefficient (Wildman–Crippen LogP) is 3.67. The molecule has 1 atom stereocenters. The van der Waals surface area contributed by atoms with Crippen LogP contribution >= 0.6 is 0 Å². The molecule has 28 heavy (non-hydrogen) atoms. The zero-order valence-corrected chi connectivity index (χ0v) is 15.9. The van der Waals surface area contributed by atoms with Gasteiger partial charge >= 0.3 is 11.9 Å². The third kappa shape index (κ3) is 3.86. The van der Waals surface area contributed by atoms with Crippen LogP contribution in [0, 0.1) is 17.4 Å². The van der Waals surface area contributed by atoms with E-state index < -0.39 is 17.4 Å². The Balaban J connectivity index is 1.85. The molecular formula is C23H22O5. The highest BCUT2D eigenvalue weighted by atomic mass is 16.6. The van der Waals surface area contributed by atoms with E-state index in [2.05, 4.69) is 12.0 Å². The van der Waals surface area contributed by atoms with Crippen molar-refractivity contribution < 1.29 is 23.8 Å². The summed E-state index contributed by atoms with van der Waals surface area (Å²) in [5.74, 6) is 1.99. The van der Waals surface area contributed by atoms with Crippen molar-refractivity contribution >= 4 is 11.9 Å². The molecule has 1 aliphatic carbocycles. The van der Waals surface area contributed by atoms with E-state index in [0.29, 0.717) is 12.2 Å². The monoisotopic (exact) mass is 378 g/mol. The van der Waals surface area contributed by atoms with Gasteiger partial charge in [0.05, 0.1) is 13.2 Å². The third-order valence-electron chi connectivity index (χ3n) is 4.66. The highest BCUT2D eigenvalue weighted by Gasteiger charge is 2.69. The van der Waals surface area contributed by atoms with Crippen LogP contribution in [0.4, 0.5) is 0 Å². The van der Waals surface area contributed by atoms with Crippen molar-refractivity contribution in [1.29, 1.82) is 0 Å². The number of benzene rings is 2. The molecule has 3 rings (SSSR count). The van der Waals surface area contributed by atoms with Gasteiger partial charge in [0.15, 0.2) is 5.41 Å². The minimum absolute atomic E-state index is 0.202. The van der Waals surface area contributed by atoms with Crippen LogP contribution in [0.2, 0.25) is 0 Å². The lowest BCUT2D eigenvalue weighted by Crippen LogP contribution is -2.31. The molecule has 0 saturated heterocycles. The normalized spacial score (nSPS) is 16.3. The third-order valence-corrected chi connectivity index (χ3v) is 4.66. The summed E-state index contributed by atoms with van der Waals surface area (Å²) in [6.07, 6.45) is 3.03. The molecule has 1 unspecified atom stereocenters. The summed E-state index contributed by atoms with van der Waals surface area (Å²) in [6, 6.07) is 16.8. The van der Waals surface area contributed by atoms with Crippen LogP contribution < -0.4 is 4.74 Å². The van der Waals surface area contributed by atoms with Gasteiger partial charge in [0.2, 0.25) is 0 Å². The average molecular weight is 378 g/mol. The van der Waals surface area contributed by atoms with Gasteiger partial charge in [0.1, 0.15) is 11.9 Å². The zero-order chi connectivity index (χ0) is 20.0. The molecule has 0 N–H and O–H groups in total. The number of hydrogen-bond acceptors (Lipinski definition) is 5. The molecular weight excluding hydrogens is 356 g/mol. The molecule has 5 nitrogen and oxygen atoms in total. The van der Waals surface area contributed by atoms with Gasteiger partial charge in [-0.05, 0) is 44.4 Å². The molecule has 5 heteroatoms. The lowest BCUT2D eigenvalue weighted by atomic mass is 9.98. The van der Waals surface area contributed by atoms with Crippen molar-refractivity contribution in [2.24, 2.45) is 5.41 Å². The van der Waals surface area contributed by atoms with Crippen LogP contribution in [0.25, 0.3) is 0 Å². The van der Waals surface area contributed by atoms with Gasteiger partial charge in [0.25, 0.3) is 0 Å². The van der Waals surface area contributed by atoms with Crippen LogP contribution in [0.3, 0.4) is 0 Å². The van der Waals surface area contributed by atoms with Gasteiger partial charge in [-0.1, -0.05) is 36.4 Å². The molecule has 2 aromatic carbocycles. The molecule has 1 fully saturated rings. The van der Waals surface area contributed by atoms with Crippen LogP contribution in [0.1, 0.15) is 37.3 Å². The smallest absolute Gasteiger partial charge is 0.324 e. The fourth-order valence-corrected chi connectivity index (χ4v) is 3.21. The molecule has 0 aromatic heterocycles. The Morgan fingerprint density at radius 2 is 1.57 bits per heavy atom. The van der Waals surface area contributed by atoms with Crippen LogP contribution in [0.5, 0.6) is 5.75 Å². The maximum atomic E-state index is 12.5. The van der Waals surface area contributed by atoms with E-state index in [4.69, 9.17) is 14.2 Å². The van der Waals surface area contributed by atoms with Gasteiger partial charge in [-0.3, -0.25) is 9.59 Å². The second-order valence-corrected chi connectivity index (χ2v) is 6.40. The van der Waals surface area contributed by atoms with E-state index in [1.165, 1.54) is 0 Å². The number of para-hydroxylation sites is 1. The Kier molecular flexibility index (Phi) is 6.00. The molecule has 0 radical (unpaired) electrons. The quantitative estimate of drug-likeness (QED) is 0.436. The first-order valence-corrected chi connectivity index (χ1v) is 9.29. The lowest BCUT2D eigenvalue weighted by Gasteiger charge is -2.15. The van der Waals surface area contributed by atoms with Crippen molar-refractivity contribution in [2.75, 3.05) is 13.2 Å². The van der Waals surface area contributed by atoms with Crippen molar-refractivity contribution in [3.63, 3.8) is 0 Å². The summed E-state index contributed by atoms with van der Waals surface area (Å²) in [5.41, 5.74) is 0.267. The summed E-state index contributed by atoms with van der Waals surface area (Å²) < 4.78 is 16.0. The summed E-state index contributed by atoms with van der Waals surface area (Å²) in [7, 11) is 0. The fourth-order valence-electron chi connectivity index (χ4n) is 3.21. The Morgan fingerprint density at radius 1 is 0.964 bits per heavy atom. The number of hydrogen-bond donors (Lipinski definition) is 0. The second-order valence-electron chi connectivity index (χ2n) is 6.40. The fraction of sp³-hybridized carbons (Fsp3) is 0.304. The molecule has 0 spiro atoms. The van der Waals surface area contributed by atoms with E-state index in [1.54, 1.807) is 19.9 Å². The van der Waals surface area contributed by atoms with E-state index in [1.807, 2.05) is 48.5 Å². The molecule has 0 amide bonds. The van der Waals surface area contributed by atoms with Gasteiger partial charge in [-0.2, -0.15) is 0 Å². The molecule has 144 valence electrons. The maximum absolute atomic E-state index is 12.5. The number of esters is 2. The zero-order valence-electron chi connectivity index (χ0n) is 15.9. The van der Waals surface area contributed by atoms with Crippen molar-refractivity contribution in [2.45, 2.75) is 26.2 Å². The minimum Gasteiger partial charge on any atom is -0.465 e. The topological polar surface area (TPSA) is 61.8 Å². The molecule has 2 aromatic rings. The van der Waals surface area contributed by atoms with E-state index in [9.17, 15) is 9.59 Å². The molecule has 0 bridgehead atoms. The minimum atomic E-state index is -1.31. The standard InChI is InChI=1S/C23H22O5/c1-3-26-21(24)23(22(25)27-4-2)16-19(23)18-12-8-9-13-20(18)28-15-14-17-10-6-5-7-11-17/h5-13,19H,3-4,16H2,1-2H3. The Morgan fingerprint density at radius 3 is 2.21 bits per heavy atom. The first kappa shape index (κ1) is 19.5. The predicted molar refractivity (Wildman–Crippen MR) is 103 cm³/mol. The summed E-state index contributed by atoms with van der Waals surface area (Å²) in [6.45, 7) is 3.83. The van der Waals surface area contributed by atoms with Gasteiger partial charge in [-0.25, -0.2) is 0 Å². The van der Waals surface area contributed by atoms with Gasteiger partial charge in [-0.15, -0.1) is 0 Å². The van der Waals surface area contributed by atoms with E-state index in [-0.39, 0.29) is 19.1 Å². The number of rotatable bonds is 6. The Labute approximate surface area is 164 Å². The molecule has 0 heterocycles. The molecule has 0 aliphatic heterocycles. The van der Waals surface area contributed by atoms with Crippen molar-refractivity contribution in [3.8, 4) is 17.8 Å². The average Bonchev–Trinajstić information content (AvgIpc) is 3.47. The summed E-state index contributed by atoms with van der Waals surface area (Å²) >= 11 is 0. The van der Waals surface area contributed by atoms with Crippen molar-refractivity contribution in [1.82, 2.24) is 0 Å². The van der Waals surface area contributed by atoms with Crippen LogP contribution in [-0.4, -0.2) is 25.2 Å². The Hall–Kier alpha value is -3.26. The summed E-state index contributed by atoms with van der Waals surface area (Å²) in [5, 5.41) is 0. The highest BCUT2D eigenvalue weighted by molar-refractivity contribution is 6.05. The van der Waals surface area contributed by atoms with Crippen LogP contribution in [-0.2, 0) is 19.1 Å². The highest BCUT2D eigenvalue weighted by Crippen LogP contribution is 2.62. The Bertz CT molecular complexity index is 889. The number of carbonyl (C=O) groups excluding carboxylic acids is 2.